The molecule has 2 atom stereocenters. The van der Waals surface area contributed by atoms with Gasteiger partial charge in [-0.05, 0) is 52.7 Å². The number of hydrogen-bond acceptors (Lipinski definition) is 8. The van der Waals surface area contributed by atoms with Crippen molar-refractivity contribution < 1.29 is 20.1 Å². The number of fused-ring (bicyclic) bond motifs is 1. The van der Waals surface area contributed by atoms with Crippen LogP contribution in [0.15, 0.2) is 135 Å². The maximum atomic E-state index is 15.4. The number of nitriles is 1. The second-order valence-corrected chi connectivity index (χ2v) is 18.9. The zero-order valence-electron chi connectivity index (χ0n) is 26.3. The van der Waals surface area contributed by atoms with Gasteiger partial charge in [-0.1, -0.05) is 64.0 Å². The lowest BCUT2D eigenvalue weighted by atomic mass is 10.0. The second-order valence-electron chi connectivity index (χ2n) is 12.2. The first-order chi connectivity index (χ1) is 23.7. The molecule has 0 saturated carbocycles. The van der Waals surface area contributed by atoms with Crippen LogP contribution in [0.2, 0.25) is 0 Å². The maximum absolute atomic E-state index is 15.4. The molecule has 4 heterocycles. The van der Waals surface area contributed by atoms with E-state index in [-0.39, 0.29) is 25.9 Å². The van der Waals surface area contributed by atoms with Gasteiger partial charge in [0.2, 0.25) is 0 Å². The summed E-state index contributed by atoms with van der Waals surface area (Å²) >= 11 is 2.02. The fourth-order valence-electron chi connectivity index (χ4n) is 7.10. The molecule has 0 spiro atoms. The van der Waals surface area contributed by atoms with Gasteiger partial charge in [-0.2, -0.15) is 22.1 Å². The van der Waals surface area contributed by atoms with Crippen LogP contribution in [0.4, 0.5) is 5.69 Å². The normalized spacial score (nSPS) is 19.0. The Labute approximate surface area is 294 Å². The highest BCUT2D eigenvalue weighted by Crippen LogP contribution is 2.48. The molecule has 1 unspecified atom stereocenters. The van der Waals surface area contributed by atoms with E-state index in [1.165, 1.54) is 12.1 Å². The number of rotatable bonds is 10. The van der Waals surface area contributed by atoms with Crippen molar-refractivity contribution in [2.75, 3.05) is 6.54 Å². The van der Waals surface area contributed by atoms with E-state index in [0.717, 1.165) is 39.5 Å². The summed E-state index contributed by atoms with van der Waals surface area (Å²) in [6.45, 7) is 0.475. The number of benzene rings is 3. The number of sulfonamides is 2. The van der Waals surface area contributed by atoms with Gasteiger partial charge in [-0.15, -0.1) is 22.7 Å². The molecule has 3 aromatic carbocycles. The molecule has 0 bridgehead atoms. The first-order valence-electron chi connectivity index (χ1n) is 15.6. The van der Waals surface area contributed by atoms with E-state index >= 15 is 16.8 Å². The van der Waals surface area contributed by atoms with E-state index in [9.17, 15) is 5.26 Å². The summed E-state index contributed by atoms with van der Waals surface area (Å²) < 4.78 is 60.6. The van der Waals surface area contributed by atoms with E-state index < -0.39 is 35.9 Å². The lowest BCUT2D eigenvalue weighted by Gasteiger charge is -2.42. The summed E-state index contributed by atoms with van der Waals surface area (Å²) in [7, 11) is -9.29. The summed E-state index contributed by atoms with van der Waals surface area (Å²) in [5.41, 5.74) is 3.36. The molecule has 248 valence electrons. The number of nitrogens with zero attached hydrogens (tertiary/aromatic N) is 4. The van der Waals surface area contributed by atoms with Crippen molar-refractivity contribution in [3.05, 3.63) is 154 Å². The van der Waals surface area contributed by atoms with Crippen LogP contribution in [-0.2, 0) is 46.1 Å². The zero-order valence-corrected chi connectivity index (χ0v) is 29.6. The van der Waals surface area contributed by atoms with E-state index in [0.29, 0.717) is 30.0 Å². The Morgan fingerprint density at radius 2 is 1.43 bits per heavy atom. The molecule has 1 aliphatic rings. The minimum absolute atomic E-state index is 0.0298. The Kier molecular flexibility index (Phi) is 8.87. The standard InChI is InChI=1S/C36H33N5O4S4/c37-23-30-15-16-33-31(21-30)25-41(48(42,43)35-13-7-19-46-35,49(44,45)36-14-8-20-47-36)32(22-28-9-3-1-4-10-28)26-40(33,27-34-38-17-18-39-34)24-29-11-5-2-6-12-29/h1-21,32H,22,24-27H2,(H,38,39)/q+2/t32?,40-/m0/s1. The number of nitrogens with one attached hydrogen (secondary N) is 1. The molecule has 13 heteroatoms. The number of hydrogen-bond donors (Lipinski definition) is 1. The molecule has 7 rings (SSSR count). The van der Waals surface area contributed by atoms with Gasteiger partial charge in [0.25, 0.3) is 0 Å². The zero-order chi connectivity index (χ0) is 34.1. The summed E-state index contributed by atoms with van der Waals surface area (Å²) in [4.78, 5) is 7.84. The highest BCUT2D eigenvalue weighted by molar-refractivity contribution is 8.00. The topological polar surface area (TPSA) is 121 Å². The van der Waals surface area contributed by atoms with Gasteiger partial charge in [-0.3, -0.25) is 4.48 Å². The maximum Gasteiger partial charge on any atom is 0.352 e. The SMILES string of the molecule is N#Cc1ccc2c(c1)C[N+](S(=O)(=O)c1cccs1)(S(=O)(=O)c1cccs1)C(Cc1ccccc1)C[N@@+]2(Cc1ccccc1)Cc1ncc[nH]1. The van der Waals surface area contributed by atoms with Crippen molar-refractivity contribution in [1.29, 1.82) is 5.26 Å². The molecule has 1 aliphatic heterocycles. The second kappa shape index (κ2) is 13.1. The molecule has 0 radical (unpaired) electrons. The van der Waals surface area contributed by atoms with Crippen LogP contribution in [0.5, 0.6) is 0 Å². The minimum Gasteiger partial charge on any atom is -0.344 e. The summed E-state index contributed by atoms with van der Waals surface area (Å²) in [6, 6.07) is 32.1. The number of imidazole rings is 1. The summed E-state index contributed by atoms with van der Waals surface area (Å²) in [5.74, 6) is 0.673. The van der Waals surface area contributed by atoms with Gasteiger partial charge in [0.15, 0.2) is 20.3 Å². The minimum atomic E-state index is -4.65. The fraction of sp³-hybridized carbons (Fsp3) is 0.167. The van der Waals surface area contributed by atoms with Gasteiger partial charge in [-0.25, -0.2) is 4.98 Å². The lowest BCUT2D eigenvalue weighted by molar-refractivity contribution is -0.718. The van der Waals surface area contributed by atoms with Gasteiger partial charge in [0, 0.05) is 30.4 Å². The van der Waals surface area contributed by atoms with E-state index in [4.69, 9.17) is 0 Å². The molecule has 9 nitrogen and oxygen atoms in total. The first-order valence-corrected chi connectivity index (χ1v) is 20.2. The number of quaternary nitrogens is 2. The molecular formula is C36H33N5O4S4+2. The largest absolute Gasteiger partial charge is 0.352 e. The molecule has 6 aromatic rings. The molecule has 3 aromatic heterocycles. The number of H-pyrrole nitrogens is 1. The Morgan fingerprint density at radius 3 is 1.98 bits per heavy atom. The third kappa shape index (κ3) is 5.84. The number of thiophene rings is 2. The van der Waals surface area contributed by atoms with E-state index in [1.807, 2.05) is 66.7 Å². The predicted octanol–water partition coefficient (Wildman–Crippen LogP) is 6.83. The van der Waals surface area contributed by atoms with Crippen molar-refractivity contribution in [2.45, 2.75) is 40.5 Å². The van der Waals surface area contributed by atoms with E-state index in [1.54, 1.807) is 47.4 Å². The molecular weight excluding hydrogens is 695 g/mol. The Balaban J connectivity index is 1.60. The van der Waals surface area contributed by atoms with Crippen molar-refractivity contribution in [1.82, 2.24) is 14.5 Å². The highest BCUT2D eigenvalue weighted by atomic mass is 32.3. The van der Waals surface area contributed by atoms with Crippen LogP contribution in [0, 0.1) is 11.3 Å². The first kappa shape index (κ1) is 33.1. The van der Waals surface area contributed by atoms with Crippen molar-refractivity contribution in [2.24, 2.45) is 0 Å². The lowest BCUT2D eigenvalue weighted by Crippen LogP contribution is -2.66. The Hall–Kier alpha value is -4.42. The van der Waals surface area contributed by atoms with Crippen LogP contribution in [0.3, 0.4) is 0 Å². The molecule has 0 amide bonds. The van der Waals surface area contributed by atoms with Gasteiger partial charge < -0.3 is 4.98 Å². The van der Waals surface area contributed by atoms with E-state index in [2.05, 4.69) is 16.0 Å². The average Bonchev–Trinajstić information content (AvgIpc) is 3.92. The average molecular weight is 728 g/mol. The van der Waals surface area contributed by atoms with Crippen LogP contribution in [0.25, 0.3) is 0 Å². The molecule has 49 heavy (non-hydrogen) atoms. The Bertz CT molecular complexity index is 2240. The van der Waals surface area contributed by atoms with Crippen LogP contribution in [-0.4, -0.2) is 42.7 Å². The predicted molar refractivity (Wildman–Crippen MR) is 191 cm³/mol. The van der Waals surface area contributed by atoms with Crippen LogP contribution >= 0.6 is 22.7 Å². The van der Waals surface area contributed by atoms with Gasteiger partial charge in [0.1, 0.15) is 31.9 Å². The molecule has 1 N–H and O–H groups in total. The molecule has 0 saturated heterocycles. The highest BCUT2D eigenvalue weighted by Gasteiger charge is 2.65. The third-order valence-electron chi connectivity index (χ3n) is 9.19. The number of aromatic amines is 1. The molecule has 0 fully saturated rings. The Morgan fingerprint density at radius 1 is 0.796 bits per heavy atom. The number of aromatic nitrogens is 2. The fourth-order valence-corrected chi connectivity index (χ4v) is 14.7. The van der Waals surface area contributed by atoms with Gasteiger partial charge in [0.05, 0.1) is 17.2 Å². The van der Waals surface area contributed by atoms with Crippen molar-refractivity contribution >= 4 is 48.4 Å². The quantitative estimate of drug-likeness (QED) is 0.155. The summed E-state index contributed by atoms with van der Waals surface area (Å²) in [6.07, 6.45) is 3.58. The van der Waals surface area contributed by atoms with Crippen molar-refractivity contribution in [3.8, 4) is 6.07 Å². The van der Waals surface area contributed by atoms with Crippen LogP contribution in [0.1, 0.15) is 28.1 Å². The smallest absolute Gasteiger partial charge is 0.344 e. The van der Waals surface area contributed by atoms with Crippen LogP contribution < -0.4 is 4.48 Å². The van der Waals surface area contributed by atoms with Crippen molar-refractivity contribution in [3.63, 3.8) is 0 Å². The summed E-state index contributed by atoms with van der Waals surface area (Å²) in [5, 5.41) is 13.4. The van der Waals surface area contributed by atoms with Gasteiger partial charge >= 0.3 is 20.0 Å². The monoisotopic (exact) mass is 727 g/mol. The third-order valence-corrected chi connectivity index (χ3v) is 17.3. The molecule has 0 aliphatic carbocycles.